The Morgan fingerprint density at radius 2 is 1.81 bits per heavy atom. The lowest BCUT2D eigenvalue weighted by Crippen LogP contribution is -2.43. The van der Waals surface area contributed by atoms with E-state index < -0.39 is 0 Å². The van der Waals surface area contributed by atoms with Crippen molar-refractivity contribution in [1.82, 2.24) is 20.1 Å². The number of benzene rings is 1. The molecule has 0 aliphatic heterocycles. The molecule has 2 rings (SSSR count). The first-order chi connectivity index (χ1) is 12.4. The maximum absolute atomic E-state index is 12.6. The summed E-state index contributed by atoms with van der Waals surface area (Å²) in [5.41, 5.74) is 3.86. The number of rotatable bonds is 7. The number of pyridine rings is 1. The molecular weight excluding hydrogens is 344 g/mol. The Bertz CT molecular complexity index is 826. The standard InChI is InChI=1S/C20H30N4OS/c1-6-23(7-2)10-11-24(20(26)21-5)13-16-12-17-14(3)8-9-15(4)18(17)22-19(16)25/h8-9,12H,6-7,10-11,13H2,1-5H3,(H,21,26)(H,22,25). The van der Waals surface area contributed by atoms with E-state index in [0.717, 1.165) is 53.8 Å². The third kappa shape index (κ3) is 4.62. The molecule has 0 spiro atoms. The summed E-state index contributed by atoms with van der Waals surface area (Å²) < 4.78 is 0. The van der Waals surface area contributed by atoms with Gasteiger partial charge in [0.25, 0.3) is 5.56 Å². The summed E-state index contributed by atoms with van der Waals surface area (Å²) >= 11 is 5.47. The van der Waals surface area contributed by atoms with Gasteiger partial charge in [-0.25, -0.2) is 0 Å². The molecule has 0 aliphatic rings. The normalized spacial score (nSPS) is 11.2. The Kier molecular flexibility index (Phi) is 7.17. The average Bonchev–Trinajstić information content (AvgIpc) is 2.64. The van der Waals surface area contributed by atoms with E-state index in [-0.39, 0.29) is 5.56 Å². The number of aromatic amines is 1. The molecule has 0 saturated carbocycles. The molecule has 0 atom stereocenters. The smallest absolute Gasteiger partial charge is 0.253 e. The number of fused-ring (bicyclic) bond motifs is 1. The molecule has 1 aromatic carbocycles. The van der Waals surface area contributed by atoms with Gasteiger partial charge in [-0.05, 0) is 56.3 Å². The van der Waals surface area contributed by atoms with Crippen molar-refractivity contribution in [2.75, 3.05) is 33.2 Å². The second kappa shape index (κ2) is 9.14. The van der Waals surface area contributed by atoms with Crippen molar-refractivity contribution < 1.29 is 0 Å². The number of nitrogens with zero attached hydrogens (tertiary/aromatic N) is 2. The zero-order chi connectivity index (χ0) is 19.3. The van der Waals surface area contributed by atoms with Crippen LogP contribution >= 0.6 is 12.2 Å². The first-order valence-corrected chi connectivity index (χ1v) is 9.63. The number of H-pyrrole nitrogens is 1. The molecule has 0 unspecified atom stereocenters. The fourth-order valence-corrected chi connectivity index (χ4v) is 3.31. The number of hydrogen-bond donors (Lipinski definition) is 2. The monoisotopic (exact) mass is 374 g/mol. The lowest BCUT2D eigenvalue weighted by Gasteiger charge is -2.28. The maximum Gasteiger partial charge on any atom is 0.253 e. The van der Waals surface area contributed by atoms with Crippen molar-refractivity contribution in [3.05, 3.63) is 45.2 Å². The maximum atomic E-state index is 12.6. The molecule has 142 valence electrons. The Labute approximate surface area is 161 Å². The van der Waals surface area contributed by atoms with Crippen LogP contribution in [-0.4, -0.2) is 53.1 Å². The lowest BCUT2D eigenvalue weighted by molar-refractivity contribution is 0.264. The van der Waals surface area contributed by atoms with Crippen LogP contribution in [-0.2, 0) is 6.54 Å². The largest absolute Gasteiger partial charge is 0.366 e. The summed E-state index contributed by atoms with van der Waals surface area (Å²) in [5.74, 6) is 0. The molecule has 0 saturated heterocycles. The number of aromatic nitrogens is 1. The zero-order valence-electron chi connectivity index (χ0n) is 16.5. The summed E-state index contributed by atoms with van der Waals surface area (Å²) in [6, 6.07) is 6.15. The van der Waals surface area contributed by atoms with Crippen LogP contribution < -0.4 is 10.9 Å². The highest BCUT2D eigenvalue weighted by Gasteiger charge is 2.14. The molecule has 0 fully saturated rings. The summed E-state index contributed by atoms with van der Waals surface area (Å²) in [7, 11) is 1.82. The van der Waals surface area contributed by atoms with Gasteiger partial charge in [0.2, 0.25) is 0 Å². The van der Waals surface area contributed by atoms with E-state index in [0.29, 0.717) is 11.7 Å². The van der Waals surface area contributed by atoms with E-state index in [9.17, 15) is 4.79 Å². The van der Waals surface area contributed by atoms with Gasteiger partial charge < -0.3 is 20.1 Å². The topological polar surface area (TPSA) is 51.4 Å². The van der Waals surface area contributed by atoms with Crippen LogP contribution in [0.15, 0.2) is 23.0 Å². The van der Waals surface area contributed by atoms with Gasteiger partial charge in [-0.1, -0.05) is 26.0 Å². The minimum absolute atomic E-state index is 0.0436. The molecule has 6 heteroatoms. The number of nitrogens with one attached hydrogen (secondary N) is 2. The van der Waals surface area contributed by atoms with Crippen LogP contribution in [0.2, 0.25) is 0 Å². The molecular formula is C20H30N4OS. The Morgan fingerprint density at radius 3 is 2.42 bits per heavy atom. The molecule has 26 heavy (non-hydrogen) atoms. The highest BCUT2D eigenvalue weighted by Crippen LogP contribution is 2.20. The second-order valence-corrected chi connectivity index (χ2v) is 7.00. The van der Waals surface area contributed by atoms with Gasteiger partial charge in [-0.3, -0.25) is 4.79 Å². The first kappa shape index (κ1) is 20.4. The quantitative estimate of drug-likeness (QED) is 0.730. The van der Waals surface area contributed by atoms with Crippen LogP contribution in [0.5, 0.6) is 0 Å². The average molecular weight is 375 g/mol. The Balaban J connectivity index is 2.32. The van der Waals surface area contributed by atoms with Crippen LogP contribution in [0.3, 0.4) is 0 Å². The predicted octanol–water partition coefficient (Wildman–Crippen LogP) is 2.79. The molecule has 5 nitrogen and oxygen atoms in total. The third-order valence-electron chi connectivity index (χ3n) is 4.96. The summed E-state index contributed by atoms with van der Waals surface area (Å²) in [5, 5.41) is 4.81. The van der Waals surface area contributed by atoms with Gasteiger partial charge in [0.1, 0.15) is 0 Å². The van der Waals surface area contributed by atoms with Crippen molar-refractivity contribution in [2.24, 2.45) is 0 Å². The van der Waals surface area contributed by atoms with E-state index in [1.54, 1.807) is 0 Å². The molecule has 0 radical (unpaired) electrons. The van der Waals surface area contributed by atoms with Gasteiger partial charge >= 0.3 is 0 Å². The predicted molar refractivity (Wildman–Crippen MR) is 114 cm³/mol. The van der Waals surface area contributed by atoms with E-state index in [2.05, 4.69) is 46.9 Å². The number of likely N-dealkylation sites (N-methyl/N-ethyl adjacent to an activating group) is 1. The van der Waals surface area contributed by atoms with Gasteiger partial charge in [-0.2, -0.15) is 0 Å². The summed E-state index contributed by atoms with van der Waals surface area (Å²) in [6.07, 6.45) is 0. The fraction of sp³-hybridized carbons (Fsp3) is 0.500. The zero-order valence-corrected chi connectivity index (χ0v) is 17.3. The van der Waals surface area contributed by atoms with Gasteiger partial charge in [-0.15, -0.1) is 0 Å². The molecule has 1 aromatic heterocycles. The lowest BCUT2D eigenvalue weighted by atomic mass is 10.0. The minimum Gasteiger partial charge on any atom is -0.366 e. The highest BCUT2D eigenvalue weighted by molar-refractivity contribution is 7.80. The van der Waals surface area contributed by atoms with Crippen molar-refractivity contribution in [3.63, 3.8) is 0 Å². The summed E-state index contributed by atoms with van der Waals surface area (Å²) in [6.45, 7) is 12.6. The van der Waals surface area contributed by atoms with Gasteiger partial charge in [0, 0.05) is 31.1 Å². The van der Waals surface area contributed by atoms with E-state index >= 15 is 0 Å². The van der Waals surface area contributed by atoms with Crippen molar-refractivity contribution >= 4 is 28.2 Å². The minimum atomic E-state index is -0.0436. The molecule has 0 bridgehead atoms. The molecule has 0 amide bonds. The Morgan fingerprint density at radius 1 is 1.15 bits per heavy atom. The van der Waals surface area contributed by atoms with E-state index in [4.69, 9.17) is 12.2 Å². The van der Waals surface area contributed by atoms with Crippen molar-refractivity contribution in [2.45, 2.75) is 34.2 Å². The fourth-order valence-electron chi connectivity index (χ4n) is 3.15. The van der Waals surface area contributed by atoms with E-state index in [1.165, 1.54) is 0 Å². The van der Waals surface area contributed by atoms with Crippen LogP contribution in [0.1, 0.15) is 30.5 Å². The molecule has 1 heterocycles. The highest BCUT2D eigenvalue weighted by atomic mass is 32.1. The van der Waals surface area contributed by atoms with E-state index in [1.807, 2.05) is 26.1 Å². The van der Waals surface area contributed by atoms with Crippen LogP contribution in [0.25, 0.3) is 10.9 Å². The molecule has 2 N–H and O–H groups in total. The first-order valence-electron chi connectivity index (χ1n) is 9.22. The second-order valence-electron chi connectivity index (χ2n) is 6.62. The number of hydrogen-bond acceptors (Lipinski definition) is 3. The van der Waals surface area contributed by atoms with Crippen LogP contribution in [0.4, 0.5) is 0 Å². The number of thiocarbonyl (C=S) groups is 1. The third-order valence-corrected chi connectivity index (χ3v) is 5.43. The Hall–Kier alpha value is -1.92. The van der Waals surface area contributed by atoms with Crippen molar-refractivity contribution in [3.8, 4) is 0 Å². The van der Waals surface area contributed by atoms with Gasteiger partial charge in [0.05, 0.1) is 12.1 Å². The van der Waals surface area contributed by atoms with Crippen LogP contribution in [0, 0.1) is 13.8 Å². The molecule has 2 aromatic rings. The SMILES string of the molecule is CCN(CC)CCN(Cc1cc2c(C)ccc(C)c2[nH]c1=O)C(=S)NC. The number of aryl methyl sites for hydroxylation is 2. The van der Waals surface area contributed by atoms with Gasteiger partial charge in [0.15, 0.2) is 5.11 Å². The summed E-state index contributed by atoms with van der Waals surface area (Å²) in [4.78, 5) is 20.1. The van der Waals surface area contributed by atoms with Crippen molar-refractivity contribution in [1.29, 1.82) is 0 Å². The molecule has 0 aliphatic carbocycles.